The van der Waals surface area contributed by atoms with E-state index in [0.717, 1.165) is 38.9 Å². The largest absolute Gasteiger partial charge is 0.394 e. The van der Waals surface area contributed by atoms with Crippen LogP contribution in [0.1, 0.15) is 26.2 Å². The zero-order valence-electron chi connectivity index (χ0n) is 12.4. The number of hydrogen-bond acceptors (Lipinski definition) is 8. The van der Waals surface area contributed by atoms with Gasteiger partial charge in [-0.25, -0.2) is 0 Å². The van der Waals surface area contributed by atoms with Gasteiger partial charge in [-0.05, 0) is 19.3 Å². The molecule has 0 aromatic carbocycles. The van der Waals surface area contributed by atoms with Crippen molar-refractivity contribution in [2.75, 3.05) is 48.4 Å². The highest BCUT2D eigenvalue weighted by molar-refractivity contribution is 5.44. The number of hydrogen-bond donors (Lipinski definition) is 4. The fourth-order valence-electron chi connectivity index (χ4n) is 2.14. The highest BCUT2D eigenvalue weighted by atomic mass is 16.3. The molecule has 1 aromatic rings. The normalized spacial score (nSPS) is 14.8. The highest BCUT2D eigenvalue weighted by Crippen LogP contribution is 2.18. The van der Waals surface area contributed by atoms with E-state index in [2.05, 4.69) is 37.4 Å². The number of anilines is 3. The number of aliphatic hydroxyl groups is 2. The molecule has 0 aliphatic carbocycles. The lowest BCUT2D eigenvalue weighted by molar-refractivity contribution is 0.203. The Bertz CT molecular complexity index is 435. The van der Waals surface area contributed by atoms with Gasteiger partial charge in [-0.15, -0.1) is 0 Å². The lowest BCUT2D eigenvalue weighted by atomic mass is 10.3. The second kappa shape index (κ2) is 7.94. The fraction of sp³-hybridized carbons (Fsp3) is 0.769. The molecule has 0 unspecified atom stereocenters. The van der Waals surface area contributed by atoms with Gasteiger partial charge in [0.1, 0.15) is 0 Å². The molecule has 0 spiro atoms. The molecule has 0 bridgehead atoms. The number of nitrogens with one attached hydrogen (secondary N) is 2. The lowest BCUT2D eigenvalue weighted by Crippen LogP contribution is -2.30. The molecule has 2 rings (SSSR count). The summed E-state index contributed by atoms with van der Waals surface area (Å²) < 4.78 is 0. The molecule has 0 atom stereocenters. The van der Waals surface area contributed by atoms with Crippen molar-refractivity contribution < 1.29 is 10.2 Å². The van der Waals surface area contributed by atoms with Crippen molar-refractivity contribution in [1.82, 2.24) is 15.0 Å². The van der Waals surface area contributed by atoms with Crippen molar-refractivity contribution in [2.24, 2.45) is 0 Å². The summed E-state index contributed by atoms with van der Waals surface area (Å²) in [6, 6.07) is -0.474. The van der Waals surface area contributed by atoms with E-state index in [9.17, 15) is 0 Å². The van der Waals surface area contributed by atoms with E-state index in [1.165, 1.54) is 0 Å². The van der Waals surface area contributed by atoms with Gasteiger partial charge in [0, 0.05) is 19.6 Å². The second-order valence-corrected chi connectivity index (χ2v) is 5.11. The van der Waals surface area contributed by atoms with E-state index in [1.807, 2.05) is 0 Å². The van der Waals surface area contributed by atoms with Crippen molar-refractivity contribution in [2.45, 2.75) is 32.2 Å². The average molecular weight is 296 g/mol. The van der Waals surface area contributed by atoms with Gasteiger partial charge in [0.2, 0.25) is 17.8 Å². The van der Waals surface area contributed by atoms with Gasteiger partial charge in [0.25, 0.3) is 0 Å². The smallest absolute Gasteiger partial charge is 0.231 e. The molecular weight excluding hydrogens is 272 g/mol. The minimum atomic E-state index is -0.474. The maximum absolute atomic E-state index is 9.16. The molecule has 0 saturated carbocycles. The van der Waals surface area contributed by atoms with E-state index in [1.54, 1.807) is 0 Å². The molecule has 1 aliphatic heterocycles. The number of nitrogens with zero attached hydrogens (tertiary/aromatic N) is 4. The minimum Gasteiger partial charge on any atom is -0.394 e. The van der Waals surface area contributed by atoms with E-state index >= 15 is 0 Å². The van der Waals surface area contributed by atoms with Gasteiger partial charge >= 0.3 is 0 Å². The monoisotopic (exact) mass is 296 g/mol. The summed E-state index contributed by atoms with van der Waals surface area (Å²) in [5, 5.41) is 24.4. The zero-order chi connectivity index (χ0) is 15.1. The molecule has 1 saturated heterocycles. The summed E-state index contributed by atoms with van der Waals surface area (Å²) >= 11 is 0. The highest BCUT2D eigenvalue weighted by Gasteiger charge is 2.18. The van der Waals surface area contributed by atoms with Crippen LogP contribution < -0.4 is 15.5 Å². The van der Waals surface area contributed by atoms with Crippen LogP contribution in [0.2, 0.25) is 0 Å². The Balaban J connectivity index is 2.18. The molecule has 0 radical (unpaired) electrons. The molecule has 4 N–H and O–H groups in total. The summed E-state index contributed by atoms with van der Waals surface area (Å²) in [6.45, 7) is 4.38. The topological polar surface area (TPSA) is 106 Å². The standard InChI is InChI=1S/C13H24N6O2/c1-2-5-14-11-16-12(15-10(8-20)9-21)18-13(17-11)19-6-3-4-7-19/h10,20-21H,2-9H2,1H3,(H2,14,15,16,17,18). The second-order valence-electron chi connectivity index (χ2n) is 5.11. The molecule has 8 nitrogen and oxygen atoms in total. The maximum Gasteiger partial charge on any atom is 0.231 e. The van der Waals surface area contributed by atoms with Crippen molar-refractivity contribution in [3.05, 3.63) is 0 Å². The quantitative estimate of drug-likeness (QED) is 0.533. The van der Waals surface area contributed by atoms with Crippen LogP contribution in [-0.2, 0) is 0 Å². The lowest BCUT2D eigenvalue weighted by Gasteiger charge is -2.19. The summed E-state index contributed by atoms with van der Waals surface area (Å²) in [5.41, 5.74) is 0. The SMILES string of the molecule is CCCNc1nc(NC(CO)CO)nc(N2CCCC2)n1. The van der Waals surface area contributed by atoms with Crippen LogP contribution in [0.3, 0.4) is 0 Å². The van der Waals surface area contributed by atoms with Gasteiger partial charge in [-0.3, -0.25) is 0 Å². The van der Waals surface area contributed by atoms with Crippen LogP contribution in [0.25, 0.3) is 0 Å². The van der Waals surface area contributed by atoms with Gasteiger partial charge in [0.15, 0.2) is 0 Å². The van der Waals surface area contributed by atoms with Crippen molar-refractivity contribution in [3.8, 4) is 0 Å². The van der Waals surface area contributed by atoms with Crippen LogP contribution in [0.15, 0.2) is 0 Å². The Labute approximate surface area is 124 Å². The van der Waals surface area contributed by atoms with Crippen molar-refractivity contribution in [1.29, 1.82) is 0 Å². The molecule has 1 aromatic heterocycles. The summed E-state index contributed by atoms with van der Waals surface area (Å²) in [4.78, 5) is 15.2. The van der Waals surface area contributed by atoms with E-state index in [4.69, 9.17) is 10.2 Å². The first kappa shape index (κ1) is 15.7. The van der Waals surface area contributed by atoms with Crippen LogP contribution in [0.5, 0.6) is 0 Å². The molecule has 21 heavy (non-hydrogen) atoms. The van der Waals surface area contributed by atoms with E-state index < -0.39 is 6.04 Å². The Morgan fingerprint density at radius 3 is 2.38 bits per heavy atom. The molecule has 8 heteroatoms. The Kier molecular flexibility index (Phi) is 5.94. The van der Waals surface area contributed by atoms with E-state index in [0.29, 0.717) is 17.8 Å². The van der Waals surface area contributed by atoms with Gasteiger partial charge in [-0.1, -0.05) is 6.92 Å². The van der Waals surface area contributed by atoms with Crippen LogP contribution in [0, 0.1) is 0 Å². The first-order valence-corrected chi connectivity index (χ1v) is 7.50. The third-order valence-electron chi connectivity index (χ3n) is 3.32. The molecule has 2 heterocycles. The minimum absolute atomic E-state index is 0.182. The first-order valence-electron chi connectivity index (χ1n) is 7.50. The number of rotatable bonds is 8. The predicted octanol–water partition coefficient (Wildman–Crippen LogP) is 0.0588. The predicted molar refractivity (Wildman–Crippen MR) is 81.6 cm³/mol. The third-order valence-corrected chi connectivity index (χ3v) is 3.32. The van der Waals surface area contributed by atoms with Crippen LogP contribution >= 0.6 is 0 Å². The Morgan fingerprint density at radius 2 is 1.76 bits per heavy atom. The fourth-order valence-corrected chi connectivity index (χ4v) is 2.14. The average Bonchev–Trinajstić information content (AvgIpc) is 3.05. The molecule has 118 valence electrons. The van der Waals surface area contributed by atoms with Crippen molar-refractivity contribution in [3.63, 3.8) is 0 Å². The van der Waals surface area contributed by atoms with Crippen LogP contribution in [0.4, 0.5) is 17.8 Å². The van der Waals surface area contributed by atoms with Gasteiger partial charge in [0.05, 0.1) is 19.3 Å². The number of aliphatic hydroxyl groups excluding tert-OH is 2. The van der Waals surface area contributed by atoms with Crippen LogP contribution in [-0.4, -0.2) is 64.1 Å². The maximum atomic E-state index is 9.16. The molecule has 1 fully saturated rings. The zero-order valence-corrected chi connectivity index (χ0v) is 12.4. The summed E-state index contributed by atoms with van der Waals surface area (Å²) in [6.07, 6.45) is 3.26. The van der Waals surface area contributed by atoms with Gasteiger partial charge < -0.3 is 25.7 Å². The summed E-state index contributed by atoms with van der Waals surface area (Å²) in [5.74, 6) is 1.53. The summed E-state index contributed by atoms with van der Waals surface area (Å²) in [7, 11) is 0. The first-order chi connectivity index (χ1) is 10.3. The Hall–Kier alpha value is -1.67. The van der Waals surface area contributed by atoms with E-state index in [-0.39, 0.29) is 13.2 Å². The third kappa shape index (κ3) is 4.40. The van der Waals surface area contributed by atoms with Gasteiger partial charge in [-0.2, -0.15) is 15.0 Å². The molecular formula is C13H24N6O2. The van der Waals surface area contributed by atoms with Crippen molar-refractivity contribution >= 4 is 17.8 Å². The number of aromatic nitrogens is 3. The molecule has 0 amide bonds. The Morgan fingerprint density at radius 1 is 1.10 bits per heavy atom. The molecule has 1 aliphatic rings.